The van der Waals surface area contributed by atoms with Gasteiger partial charge < -0.3 is 9.64 Å². The fourth-order valence-corrected chi connectivity index (χ4v) is 1.35. The molecule has 1 fully saturated rings. The van der Waals surface area contributed by atoms with Crippen molar-refractivity contribution in [3.8, 4) is 0 Å². The van der Waals surface area contributed by atoms with Crippen LogP contribution in [0.2, 0.25) is 0 Å². The van der Waals surface area contributed by atoms with Crippen LogP contribution in [-0.2, 0) is 11.8 Å². The van der Waals surface area contributed by atoms with Crippen molar-refractivity contribution in [2.45, 2.75) is 6.10 Å². The topological polar surface area (TPSA) is 30.3 Å². The first-order valence-corrected chi connectivity index (χ1v) is 4.07. The Hall–Kier alpha value is -1.03. The van der Waals surface area contributed by atoms with Crippen molar-refractivity contribution in [3.05, 3.63) is 12.3 Å². The monoisotopic (exact) mass is 167 g/mol. The third-order valence-corrected chi connectivity index (χ3v) is 2.20. The number of hydrogen-bond donors (Lipinski definition) is 0. The molecule has 2 rings (SSSR count). The van der Waals surface area contributed by atoms with Crippen LogP contribution in [0.15, 0.2) is 12.3 Å². The van der Waals surface area contributed by atoms with Gasteiger partial charge in [0.05, 0.1) is 6.10 Å². The Labute approximate surface area is 71.7 Å². The van der Waals surface area contributed by atoms with Crippen molar-refractivity contribution in [1.29, 1.82) is 0 Å². The Morgan fingerprint density at radius 1 is 1.58 bits per heavy atom. The van der Waals surface area contributed by atoms with Crippen LogP contribution >= 0.6 is 0 Å². The molecule has 0 spiro atoms. The van der Waals surface area contributed by atoms with Gasteiger partial charge in [0, 0.05) is 39.5 Å². The number of aryl methyl sites for hydroxylation is 1. The van der Waals surface area contributed by atoms with E-state index in [9.17, 15) is 0 Å². The Morgan fingerprint density at radius 2 is 2.33 bits per heavy atom. The highest BCUT2D eigenvalue weighted by atomic mass is 16.5. The molecule has 1 aromatic rings. The largest absolute Gasteiger partial charge is 0.378 e. The molecule has 66 valence electrons. The summed E-state index contributed by atoms with van der Waals surface area (Å²) in [5.41, 5.74) is 0. The molecule has 1 aromatic heterocycles. The van der Waals surface area contributed by atoms with Crippen molar-refractivity contribution in [1.82, 2.24) is 9.78 Å². The van der Waals surface area contributed by atoms with Crippen molar-refractivity contribution < 1.29 is 4.74 Å². The fraction of sp³-hybridized carbons (Fsp3) is 0.625. The summed E-state index contributed by atoms with van der Waals surface area (Å²) < 4.78 is 6.98. The van der Waals surface area contributed by atoms with Crippen LogP contribution in [0.5, 0.6) is 0 Å². The van der Waals surface area contributed by atoms with Gasteiger partial charge in [-0.3, -0.25) is 4.68 Å². The molecule has 0 atom stereocenters. The van der Waals surface area contributed by atoms with E-state index < -0.39 is 0 Å². The van der Waals surface area contributed by atoms with E-state index in [0.29, 0.717) is 6.10 Å². The molecule has 0 amide bonds. The van der Waals surface area contributed by atoms with Crippen LogP contribution in [-0.4, -0.2) is 36.1 Å². The van der Waals surface area contributed by atoms with Crippen molar-refractivity contribution in [3.63, 3.8) is 0 Å². The zero-order chi connectivity index (χ0) is 8.55. The lowest BCUT2D eigenvalue weighted by atomic mass is 10.2. The van der Waals surface area contributed by atoms with Crippen LogP contribution in [0.1, 0.15) is 0 Å². The van der Waals surface area contributed by atoms with E-state index in [1.165, 1.54) is 0 Å². The molecule has 1 saturated heterocycles. The smallest absolute Gasteiger partial charge is 0.150 e. The lowest BCUT2D eigenvalue weighted by molar-refractivity contribution is 0.0782. The molecule has 4 heteroatoms. The van der Waals surface area contributed by atoms with Crippen LogP contribution in [0.3, 0.4) is 0 Å². The Morgan fingerprint density at radius 3 is 2.83 bits per heavy atom. The van der Waals surface area contributed by atoms with Crippen LogP contribution in [0, 0.1) is 0 Å². The molecular weight excluding hydrogens is 154 g/mol. The number of aromatic nitrogens is 2. The maximum atomic E-state index is 5.17. The lowest BCUT2D eigenvalue weighted by Gasteiger charge is -2.38. The molecule has 0 N–H and O–H groups in total. The summed E-state index contributed by atoms with van der Waals surface area (Å²) >= 11 is 0. The number of methoxy groups -OCH3 is 1. The maximum Gasteiger partial charge on any atom is 0.150 e. The Kier molecular flexibility index (Phi) is 1.77. The molecule has 0 saturated carbocycles. The van der Waals surface area contributed by atoms with Gasteiger partial charge in [0.1, 0.15) is 0 Å². The standard InChI is InChI=1S/C8H13N3O/c1-10-4-3-8(9-10)11-5-7(6-11)12-2/h3-4,7H,5-6H2,1-2H3. The highest BCUT2D eigenvalue weighted by Crippen LogP contribution is 2.18. The van der Waals surface area contributed by atoms with Crippen LogP contribution in [0.4, 0.5) is 5.82 Å². The Balaban J connectivity index is 1.96. The predicted octanol–water partition coefficient (Wildman–Crippen LogP) is 0.255. The van der Waals surface area contributed by atoms with Crippen molar-refractivity contribution in [2.24, 2.45) is 7.05 Å². The van der Waals surface area contributed by atoms with E-state index in [1.54, 1.807) is 7.11 Å². The second-order valence-corrected chi connectivity index (χ2v) is 3.11. The fourth-order valence-electron chi connectivity index (χ4n) is 1.35. The normalized spacial score (nSPS) is 18.0. The second kappa shape index (κ2) is 2.79. The molecule has 0 bridgehead atoms. The molecule has 2 heterocycles. The van der Waals surface area contributed by atoms with Crippen LogP contribution < -0.4 is 4.90 Å². The molecular formula is C8H13N3O. The summed E-state index contributed by atoms with van der Waals surface area (Å²) in [5, 5.41) is 4.29. The summed E-state index contributed by atoms with van der Waals surface area (Å²) in [6.07, 6.45) is 2.35. The highest BCUT2D eigenvalue weighted by molar-refractivity contribution is 5.40. The minimum Gasteiger partial charge on any atom is -0.378 e. The van der Waals surface area contributed by atoms with Gasteiger partial charge in [-0.05, 0) is 0 Å². The van der Waals surface area contributed by atoms with Gasteiger partial charge in [-0.2, -0.15) is 5.10 Å². The number of anilines is 1. The van der Waals surface area contributed by atoms with E-state index in [2.05, 4.69) is 10.00 Å². The third kappa shape index (κ3) is 1.18. The zero-order valence-corrected chi connectivity index (χ0v) is 7.40. The van der Waals surface area contributed by atoms with Gasteiger partial charge >= 0.3 is 0 Å². The lowest BCUT2D eigenvalue weighted by Crippen LogP contribution is -2.52. The minimum absolute atomic E-state index is 0.395. The second-order valence-electron chi connectivity index (χ2n) is 3.11. The summed E-state index contributed by atoms with van der Waals surface area (Å²) in [5.74, 6) is 1.05. The molecule has 0 unspecified atom stereocenters. The van der Waals surface area contributed by atoms with E-state index in [0.717, 1.165) is 18.9 Å². The number of rotatable bonds is 2. The molecule has 0 aliphatic carbocycles. The number of nitrogens with zero attached hydrogens (tertiary/aromatic N) is 3. The van der Waals surface area contributed by atoms with Gasteiger partial charge in [-0.1, -0.05) is 0 Å². The van der Waals surface area contributed by atoms with E-state index in [4.69, 9.17) is 4.74 Å². The predicted molar refractivity (Wildman–Crippen MR) is 46.2 cm³/mol. The summed E-state index contributed by atoms with van der Waals surface area (Å²) in [7, 11) is 3.68. The van der Waals surface area contributed by atoms with Gasteiger partial charge in [0.2, 0.25) is 0 Å². The minimum atomic E-state index is 0.395. The first-order chi connectivity index (χ1) is 5.79. The molecule has 1 aliphatic heterocycles. The average Bonchev–Trinajstić information content (AvgIpc) is 2.34. The Bertz CT molecular complexity index is 265. The summed E-state index contributed by atoms with van der Waals surface area (Å²) in [4.78, 5) is 2.20. The third-order valence-electron chi connectivity index (χ3n) is 2.20. The van der Waals surface area contributed by atoms with Crippen molar-refractivity contribution >= 4 is 5.82 Å². The molecule has 12 heavy (non-hydrogen) atoms. The van der Waals surface area contributed by atoms with Gasteiger partial charge in [-0.25, -0.2) is 0 Å². The van der Waals surface area contributed by atoms with E-state index >= 15 is 0 Å². The SMILES string of the molecule is COC1CN(c2ccn(C)n2)C1. The van der Waals surface area contributed by atoms with Gasteiger partial charge in [0.25, 0.3) is 0 Å². The zero-order valence-electron chi connectivity index (χ0n) is 7.40. The maximum absolute atomic E-state index is 5.17. The van der Waals surface area contributed by atoms with Gasteiger partial charge in [-0.15, -0.1) is 0 Å². The van der Waals surface area contributed by atoms with Crippen LogP contribution in [0.25, 0.3) is 0 Å². The molecule has 4 nitrogen and oxygen atoms in total. The highest BCUT2D eigenvalue weighted by Gasteiger charge is 2.27. The first kappa shape index (κ1) is 7.61. The quantitative estimate of drug-likeness (QED) is 0.632. The molecule has 0 aromatic carbocycles. The van der Waals surface area contributed by atoms with E-state index in [1.807, 2.05) is 24.0 Å². The number of hydrogen-bond acceptors (Lipinski definition) is 3. The summed E-state index contributed by atoms with van der Waals surface area (Å²) in [6, 6.07) is 2.02. The molecule has 0 radical (unpaired) electrons. The van der Waals surface area contributed by atoms with Gasteiger partial charge in [0.15, 0.2) is 5.82 Å². The van der Waals surface area contributed by atoms with E-state index in [-0.39, 0.29) is 0 Å². The average molecular weight is 167 g/mol. The first-order valence-electron chi connectivity index (χ1n) is 4.07. The number of ether oxygens (including phenoxy) is 1. The summed E-state index contributed by atoms with van der Waals surface area (Å²) in [6.45, 7) is 1.93. The molecule has 1 aliphatic rings. The van der Waals surface area contributed by atoms with Crippen molar-refractivity contribution in [2.75, 3.05) is 25.1 Å².